The minimum absolute atomic E-state index is 0.341. The lowest BCUT2D eigenvalue weighted by atomic mass is 10.1. The number of halogens is 1. The smallest absolute Gasteiger partial charge is 0.333 e. The summed E-state index contributed by atoms with van der Waals surface area (Å²) in [6, 6.07) is 3.59. The number of carbonyl (C=O) groups excluding carboxylic acids is 1. The van der Waals surface area contributed by atoms with Gasteiger partial charge in [0.2, 0.25) is 0 Å². The molecule has 1 aromatic rings. The van der Waals surface area contributed by atoms with Gasteiger partial charge in [-0.3, -0.25) is 0 Å². The van der Waals surface area contributed by atoms with Gasteiger partial charge in [0, 0.05) is 11.1 Å². The number of hydrogen-bond donors (Lipinski definition) is 0. The van der Waals surface area contributed by atoms with Crippen LogP contribution in [0.5, 0.6) is 11.5 Å². The third kappa shape index (κ3) is 3.99. The molecular weight excluding hydrogens is 312 g/mol. The van der Waals surface area contributed by atoms with Gasteiger partial charge in [-0.2, -0.15) is 0 Å². The predicted molar refractivity (Wildman–Crippen MR) is 77.5 cm³/mol. The largest absolute Gasteiger partial charge is 0.496 e. The van der Waals surface area contributed by atoms with Gasteiger partial charge in [-0.1, -0.05) is 0 Å². The molecule has 0 aromatic heterocycles. The van der Waals surface area contributed by atoms with Crippen molar-refractivity contribution in [1.82, 2.24) is 0 Å². The second-order valence-corrected chi connectivity index (χ2v) is 4.63. The first-order chi connectivity index (χ1) is 9.03. The fourth-order valence-corrected chi connectivity index (χ4v) is 2.02. The van der Waals surface area contributed by atoms with E-state index in [1.807, 2.05) is 0 Å². The quantitative estimate of drug-likeness (QED) is 0.613. The van der Waals surface area contributed by atoms with Gasteiger partial charge in [-0.05, 0) is 48.0 Å². The van der Waals surface area contributed by atoms with Crippen molar-refractivity contribution < 1.29 is 19.0 Å². The van der Waals surface area contributed by atoms with E-state index in [2.05, 4.69) is 15.9 Å². The van der Waals surface area contributed by atoms with Crippen molar-refractivity contribution in [2.75, 3.05) is 20.8 Å². The molecule has 1 aromatic carbocycles. The van der Waals surface area contributed by atoms with Gasteiger partial charge >= 0.3 is 5.97 Å². The van der Waals surface area contributed by atoms with Crippen LogP contribution in [-0.2, 0) is 9.53 Å². The third-order valence-electron chi connectivity index (χ3n) is 2.47. The summed E-state index contributed by atoms with van der Waals surface area (Å²) in [6.07, 6.45) is 1.71. The first-order valence-electron chi connectivity index (χ1n) is 5.80. The topological polar surface area (TPSA) is 44.8 Å². The number of ether oxygens (including phenoxy) is 3. The molecule has 0 saturated heterocycles. The van der Waals surface area contributed by atoms with E-state index in [0.29, 0.717) is 23.7 Å². The second kappa shape index (κ2) is 7.19. The van der Waals surface area contributed by atoms with Crippen molar-refractivity contribution in [2.45, 2.75) is 13.8 Å². The maximum Gasteiger partial charge on any atom is 0.333 e. The highest BCUT2D eigenvalue weighted by Crippen LogP contribution is 2.33. The fourth-order valence-electron chi connectivity index (χ4n) is 1.53. The Kier molecular flexibility index (Phi) is 5.89. The Labute approximate surface area is 121 Å². The van der Waals surface area contributed by atoms with Crippen molar-refractivity contribution in [3.8, 4) is 11.5 Å². The van der Waals surface area contributed by atoms with Crippen LogP contribution in [0.25, 0.3) is 6.08 Å². The summed E-state index contributed by atoms with van der Waals surface area (Å²) in [4.78, 5) is 11.6. The number of benzene rings is 1. The molecule has 0 aliphatic carbocycles. The summed E-state index contributed by atoms with van der Waals surface area (Å²) in [7, 11) is 3.16. The number of esters is 1. The van der Waals surface area contributed by atoms with Crippen LogP contribution in [0.15, 0.2) is 22.2 Å². The average Bonchev–Trinajstić information content (AvgIpc) is 2.40. The second-order valence-electron chi connectivity index (χ2n) is 3.78. The molecule has 0 unspecified atom stereocenters. The Bertz CT molecular complexity index is 494. The number of carbonyl (C=O) groups is 1. The summed E-state index contributed by atoms with van der Waals surface area (Å²) < 4.78 is 16.2. The minimum Gasteiger partial charge on any atom is -0.496 e. The summed E-state index contributed by atoms with van der Waals surface area (Å²) in [6.45, 7) is 3.82. The number of methoxy groups -OCH3 is 2. The lowest BCUT2D eigenvalue weighted by Crippen LogP contribution is -2.05. The zero-order chi connectivity index (χ0) is 14.4. The molecule has 0 amide bonds. The molecule has 0 atom stereocenters. The molecule has 0 aliphatic rings. The molecule has 0 saturated carbocycles. The lowest BCUT2D eigenvalue weighted by molar-refractivity contribution is -0.138. The molecule has 0 radical (unpaired) electrons. The Morgan fingerprint density at radius 2 is 1.89 bits per heavy atom. The van der Waals surface area contributed by atoms with E-state index < -0.39 is 0 Å². The van der Waals surface area contributed by atoms with Gasteiger partial charge in [-0.15, -0.1) is 0 Å². The van der Waals surface area contributed by atoms with Crippen LogP contribution in [0.2, 0.25) is 0 Å². The van der Waals surface area contributed by atoms with Crippen molar-refractivity contribution in [3.63, 3.8) is 0 Å². The number of hydrogen-bond acceptors (Lipinski definition) is 4. The normalized spacial score (nSPS) is 11.1. The van der Waals surface area contributed by atoms with Crippen molar-refractivity contribution in [3.05, 3.63) is 27.7 Å². The summed E-state index contributed by atoms with van der Waals surface area (Å²) in [5.74, 6) is 0.978. The third-order valence-corrected chi connectivity index (χ3v) is 3.09. The van der Waals surface area contributed by atoms with E-state index in [-0.39, 0.29) is 5.97 Å². The van der Waals surface area contributed by atoms with E-state index in [1.165, 1.54) is 0 Å². The van der Waals surface area contributed by atoms with Crippen molar-refractivity contribution >= 4 is 28.0 Å². The Balaban J connectivity index is 3.18. The summed E-state index contributed by atoms with van der Waals surface area (Å²) in [5, 5.41) is 0. The molecule has 0 N–H and O–H groups in total. The van der Waals surface area contributed by atoms with Crippen LogP contribution in [-0.4, -0.2) is 26.8 Å². The predicted octanol–water partition coefficient (Wildman–Crippen LogP) is 3.43. The van der Waals surface area contributed by atoms with E-state index in [4.69, 9.17) is 14.2 Å². The molecular formula is C14H17BrO4. The first kappa shape index (κ1) is 15.6. The van der Waals surface area contributed by atoms with Crippen LogP contribution >= 0.6 is 15.9 Å². The highest BCUT2D eigenvalue weighted by atomic mass is 79.9. The maximum absolute atomic E-state index is 11.6. The molecule has 0 bridgehead atoms. The van der Waals surface area contributed by atoms with Crippen molar-refractivity contribution in [2.24, 2.45) is 0 Å². The SMILES string of the molecule is CCOC(=O)/C(C)=C/c1cc(OC)c(Br)cc1OC. The maximum atomic E-state index is 11.6. The molecule has 0 spiro atoms. The molecule has 0 fully saturated rings. The van der Waals surface area contributed by atoms with Gasteiger partial charge in [0.1, 0.15) is 11.5 Å². The van der Waals surface area contributed by atoms with Crippen LogP contribution in [0.3, 0.4) is 0 Å². The van der Waals surface area contributed by atoms with Gasteiger partial charge in [-0.25, -0.2) is 4.79 Å². The van der Waals surface area contributed by atoms with Gasteiger partial charge in [0.25, 0.3) is 0 Å². The molecule has 104 valence electrons. The van der Waals surface area contributed by atoms with E-state index in [9.17, 15) is 4.79 Å². The van der Waals surface area contributed by atoms with Crippen molar-refractivity contribution in [1.29, 1.82) is 0 Å². The highest BCUT2D eigenvalue weighted by Gasteiger charge is 2.11. The Morgan fingerprint density at radius 1 is 1.26 bits per heavy atom. The monoisotopic (exact) mass is 328 g/mol. The standard InChI is InChI=1S/C14H17BrO4/c1-5-19-14(16)9(2)6-10-7-13(18-4)11(15)8-12(10)17-3/h6-8H,5H2,1-4H3/b9-6+. The summed E-state index contributed by atoms with van der Waals surface area (Å²) in [5.41, 5.74) is 1.26. The molecule has 5 heteroatoms. The Morgan fingerprint density at radius 3 is 2.42 bits per heavy atom. The van der Waals surface area contributed by atoms with Gasteiger partial charge in [0.15, 0.2) is 0 Å². The Hall–Kier alpha value is -1.49. The zero-order valence-electron chi connectivity index (χ0n) is 11.5. The van der Waals surface area contributed by atoms with Crippen LogP contribution in [0, 0.1) is 0 Å². The lowest BCUT2D eigenvalue weighted by Gasteiger charge is -2.10. The molecule has 1 rings (SSSR count). The molecule has 4 nitrogen and oxygen atoms in total. The van der Waals surface area contributed by atoms with Gasteiger partial charge in [0.05, 0.1) is 25.3 Å². The summed E-state index contributed by atoms with van der Waals surface area (Å²) >= 11 is 3.38. The molecule has 19 heavy (non-hydrogen) atoms. The van der Waals surface area contributed by atoms with E-state index in [1.54, 1.807) is 46.3 Å². The molecule has 0 heterocycles. The fraction of sp³-hybridized carbons (Fsp3) is 0.357. The van der Waals surface area contributed by atoms with Crippen LogP contribution in [0.4, 0.5) is 0 Å². The first-order valence-corrected chi connectivity index (χ1v) is 6.59. The molecule has 0 aliphatic heterocycles. The van der Waals surface area contributed by atoms with Gasteiger partial charge < -0.3 is 14.2 Å². The highest BCUT2D eigenvalue weighted by molar-refractivity contribution is 9.10. The zero-order valence-corrected chi connectivity index (χ0v) is 13.0. The van der Waals surface area contributed by atoms with E-state index >= 15 is 0 Å². The minimum atomic E-state index is -0.341. The van der Waals surface area contributed by atoms with Crippen LogP contribution in [0.1, 0.15) is 19.4 Å². The average molecular weight is 329 g/mol. The number of rotatable bonds is 5. The van der Waals surface area contributed by atoms with Crippen LogP contribution < -0.4 is 9.47 Å². The van der Waals surface area contributed by atoms with E-state index in [0.717, 1.165) is 10.0 Å².